The Hall–Kier alpha value is -2.44. The molecule has 2 aromatic rings. The van der Waals surface area contributed by atoms with E-state index < -0.39 is 5.60 Å². The number of aliphatic hydroxyl groups is 1. The monoisotopic (exact) mass is 339 g/mol. The molecule has 1 aromatic heterocycles. The lowest BCUT2D eigenvalue weighted by molar-refractivity contribution is -0.0149. The van der Waals surface area contributed by atoms with E-state index >= 15 is 0 Å². The van der Waals surface area contributed by atoms with Crippen LogP contribution in [-0.2, 0) is 6.54 Å². The molecule has 0 amide bonds. The molecule has 1 aliphatic heterocycles. The molecule has 3 rings (SSSR count). The number of guanidine groups is 1. The summed E-state index contributed by atoms with van der Waals surface area (Å²) < 4.78 is 0. The molecule has 0 aliphatic carbocycles. The summed E-state index contributed by atoms with van der Waals surface area (Å²) in [5, 5.41) is 13.7. The molecular formula is C19H25N5O. The van der Waals surface area contributed by atoms with Crippen LogP contribution in [0.25, 0.3) is 0 Å². The zero-order valence-corrected chi connectivity index (χ0v) is 14.3. The van der Waals surface area contributed by atoms with Crippen molar-refractivity contribution in [1.29, 1.82) is 0 Å². The minimum absolute atomic E-state index is 0.277. The van der Waals surface area contributed by atoms with Crippen molar-refractivity contribution >= 4 is 11.8 Å². The molecule has 1 aliphatic rings. The number of hydrogen-bond donors (Lipinski definition) is 3. The quantitative estimate of drug-likeness (QED) is 0.571. The molecule has 2 heterocycles. The number of piperidine rings is 1. The van der Waals surface area contributed by atoms with Gasteiger partial charge in [0.2, 0.25) is 0 Å². The first-order valence-electron chi connectivity index (χ1n) is 8.60. The molecule has 0 radical (unpaired) electrons. The van der Waals surface area contributed by atoms with Gasteiger partial charge in [-0.1, -0.05) is 36.4 Å². The molecule has 6 heteroatoms. The summed E-state index contributed by atoms with van der Waals surface area (Å²) in [4.78, 5) is 10.8. The molecule has 0 saturated carbocycles. The van der Waals surface area contributed by atoms with Crippen LogP contribution >= 0.6 is 0 Å². The summed E-state index contributed by atoms with van der Waals surface area (Å²) in [5.74, 6) is 0.923. The molecule has 0 unspecified atom stereocenters. The van der Waals surface area contributed by atoms with E-state index in [9.17, 15) is 5.11 Å². The van der Waals surface area contributed by atoms with Gasteiger partial charge < -0.3 is 16.2 Å². The number of aromatic nitrogens is 1. The van der Waals surface area contributed by atoms with Crippen LogP contribution in [0.4, 0.5) is 5.82 Å². The normalized spacial score (nSPS) is 18.0. The van der Waals surface area contributed by atoms with Gasteiger partial charge >= 0.3 is 0 Å². The first-order chi connectivity index (χ1) is 12.1. The Morgan fingerprint density at radius 2 is 1.88 bits per heavy atom. The fourth-order valence-electron chi connectivity index (χ4n) is 2.97. The number of rotatable bonds is 5. The summed E-state index contributed by atoms with van der Waals surface area (Å²) >= 11 is 0. The van der Waals surface area contributed by atoms with E-state index in [2.05, 4.69) is 44.5 Å². The average molecular weight is 339 g/mol. The van der Waals surface area contributed by atoms with Gasteiger partial charge in [0, 0.05) is 25.8 Å². The summed E-state index contributed by atoms with van der Waals surface area (Å²) in [6.07, 6.45) is 3.08. The van der Waals surface area contributed by atoms with Crippen molar-refractivity contribution in [3.05, 3.63) is 60.3 Å². The van der Waals surface area contributed by atoms with Gasteiger partial charge in [0.25, 0.3) is 0 Å². The van der Waals surface area contributed by atoms with Crippen LogP contribution in [0, 0.1) is 0 Å². The molecule has 0 bridgehead atoms. The van der Waals surface area contributed by atoms with Gasteiger partial charge in [0.05, 0.1) is 12.1 Å². The number of hydrogen-bond acceptors (Lipinski definition) is 4. The van der Waals surface area contributed by atoms with Crippen molar-refractivity contribution in [1.82, 2.24) is 9.88 Å². The number of nitrogens with two attached hydrogens (primary N) is 1. The van der Waals surface area contributed by atoms with Gasteiger partial charge in [-0.15, -0.1) is 0 Å². The van der Waals surface area contributed by atoms with E-state index in [0.717, 1.165) is 19.6 Å². The zero-order chi connectivity index (χ0) is 17.5. The lowest BCUT2D eigenvalue weighted by Crippen LogP contribution is -2.46. The van der Waals surface area contributed by atoms with Gasteiger partial charge in [-0.3, -0.25) is 9.89 Å². The maximum atomic E-state index is 10.7. The second kappa shape index (κ2) is 8.09. The van der Waals surface area contributed by atoms with E-state index in [1.165, 1.54) is 5.56 Å². The Labute approximate surface area is 148 Å². The molecule has 132 valence electrons. The van der Waals surface area contributed by atoms with Crippen molar-refractivity contribution in [2.24, 2.45) is 10.7 Å². The highest BCUT2D eigenvalue weighted by molar-refractivity contribution is 5.91. The Kier molecular flexibility index (Phi) is 5.63. The van der Waals surface area contributed by atoms with E-state index in [0.29, 0.717) is 25.2 Å². The minimum atomic E-state index is -0.788. The van der Waals surface area contributed by atoms with E-state index in [4.69, 9.17) is 5.73 Å². The Morgan fingerprint density at radius 3 is 2.56 bits per heavy atom. The lowest BCUT2D eigenvalue weighted by Gasteiger charge is -2.37. The summed E-state index contributed by atoms with van der Waals surface area (Å²) in [6, 6.07) is 15.9. The molecule has 0 spiro atoms. The maximum Gasteiger partial charge on any atom is 0.194 e. The molecule has 6 nitrogen and oxygen atoms in total. The predicted molar refractivity (Wildman–Crippen MR) is 100 cm³/mol. The predicted octanol–water partition coefficient (Wildman–Crippen LogP) is 1.84. The van der Waals surface area contributed by atoms with Gasteiger partial charge in [-0.25, -0.2) is 4.98 Å². The van der Waals surface area contributed by atoms with Crippen molar-refractivity contribution in [2.45, 2.75) is 25.0 Å². The first-order valence-corrected chi connectivity index (χ1v) is 8.60. The van der Waals surface area contributed by atoms with Crippen LogP contribution < -0.4 is 11.1 Å². The van der Waals surface area contributed by atoms with Crippen LogP contribution in [0.3, 0.4) is 0 Å². The lowest BCUT2D eigenvalue weighted by atomic mass is 9.91. The van der Waals surface area contributed by atoms with Crippen molar-refractivity contribution < 1.29 is 5.11 Å². The largest absolute Gasteiger partial charge is 0.388 e. The highest BCUT2D eigenvalue weighted by Crippen LogP contribution is 2.23. The topological polar surface area (TPSA) is 86.8 Å². The number of nitrogens with one attached hydrogen (secondary N) is 1. The first kappa shape index (κ1) is 17.4. The third-order valence-corrected chi connectivity index (χ3v) is 4.50. The maximum absolute atomic E-state index is 10.7. The number of nitrogens with zero attached hydrogens (tertiary/aromatic N) is 3. The van der Waals surface area contributed by atoms with E-state index in [1.807, 2.05) is 24.3 Å². The molecule has 1 fully saturated rings. The number of anilines is 1. The van der Waals surface area contributed by atoms with Crippen LogP contribution in [-0.4, -0.2) is 46.2 Å². The molecular weight excluding hydrogens is 314 g/mol. The Balaban J connectivity index is 1.48. The highest BCUT2D eigenvalue weighted by atomic mass is 16.3. The molecule has 1 aromatic carbocycles. The fraction of sp³-hybridized carbons (Fsp3) is 0.368. The molecule has 1 saturated heterocycles. The van der Waals surface area contributed by atoms with Gasteiger partial charge in [0.15, 0.2) is 5.96 Å². The SMILES string of the molecule is NC(=NCC1(O)CCN(Cc2ccccc2)CC1)Nc1ccccn1. The molecule has 25 heavy (non-hydrogen) atoms. The van der Waals surface area contributed by atoms with Gasteiger partial charge in [-0.2, -0.15) is 0 Å². The third-order valence-electron chi connectivity index (χ3n) is 4.50. The number of likely N-dealkylation sites (tertiary alicyclic amines) is 1. The minimum Gasteiger partial charge on any atom is -0.388 e. The van der Waals surface area contributed by atoms with Gasteiger partial charge in [0.1, 0.15) is 5.82 Å². The zero-order valence-electron chi connectivity index (χ0n) is 14.3. The number of pyridine rings is 1. The number of benzene rings is 1. The van der Waals surface area contributed by atoms with E-state index in [1.54, 1.807) is 6.20 Å². The van der Waals surface area contributed by atoms with Crippen molar-refractivity contribution in [2.75, 3.05) is 25.0 Å². The van der Waals surface area contributed by atoms with E-state index in [-0.39, 0.29) is 5.96 Å². The van der Waals surface area contributed by atoms with Crippen LogP contribution in [0.5, 0.6) is 0 Å². The van der Waals surface area contributed by atoms with Gasteiger partial charge in [-0.05, 0) is 30.5 Å². The third kappa shape index (κ3) is 5.27. The summed E-state index contributed by atoms with van der Waals surface area (Å²) in [6.45, 7) is 2.93. The summed E-state index contributed by atoms with van der Waals surface area (Å²) in [5.41, 5.74) is 6.40. The highest BCUT2D eigenvalue weighted by Gasteiger charge is 2.32. The Bertz CT molecular complexity index is 681. The Morgan fingerprint density at radius 1 is 1.16 bits per heavy atom. The standard InChI is InChI=1S/C19H25N5O/c20-18(23-17-8-4-5-11-21-17)22-15-19(25)9-12-24(13-10-19)14-16-6-2-1-3-7-16/h1-8,11,25H,9-10,12-15H2,(H3,20,21,22,23). The average Bonchev–Trinajstić information content (AvgIpc) is 2.64. The van der Waals surface area contributed by atoms with Crippen molar-refractivity contribution in [3.63, 3.8) is 0 Å². The number of aliphatic imine (C=N–C) groups is 1. The second-order valence-corrected chi connectivity index (χ2v) is 6.53. The van der Waals surface area contributed by atoms with Crippen LogP contribution in [0.1, 0.15) is 18.4 Å². The van der Waals surface area contributed by atoms with Crippen molar-refractivity contribution in [3.8, 4) is 0 Å². The molecule has 4 N–H and O–H groups in total. The second-order valence-electron chi connectivity index (χ2n) is 6.53. The van der Waals surface area contributed by atoms with Crippen LogP contribution in [0.15, 0.2) is 59.7 Å². The summed E-state index contributed by atoms with van der Waals surface area (Å²) in [7, 11) is 0. The van der Waals surface area contributed by atoms with Crippen LogP contribution in [0.2, 0.25) is 0 Å². The smallest absolute Gasteiger partial charge is 0.194 e. The fourth-order valence-corrected chi connectivity index (χ4v) is 2.97. The molecule has 0 atom stereocenters.